The highest BCUT2D eigenvalue weighted by Crippen LogP contribution is 2.38. The van der Waals surface area contributed by atoms with Crippen LogP contribution in [0.25, 0.3) is 11.5 Å². The van der Waals surface area contributed by atoms with E-state index < -0.39 is 30.5 Å². The van der Waals surface area contributed by atoms with Gasteiger partial charge in [-0.3, -0.25) is 4.98 Å². The van der Waals surface area contributed by atoms with Crippen LogP contribution in [0.3, 0.4) is 0 Å². The quantitative estimate of drug-likeness (QED) is 0.110. The summed E-state index contributed by atoms with van der Waals surface area (Å²) < 4.78 is 39.3. The van der Waals surface area contributed by atoms with Crippen LogP contribution in [0.15, 0.2) is 150 Å². The van der Waals surface area contributed by atoms with Gasteiger partial charge in [0.25, 0.3) is 5.89 Å². The summed E-state index contributed by atoms with van der Waals surface area (Å²) in [6, 6.07) is 43.9. The Kier molecular flexibility index (Phi) is 11.4. The zero-order chi connectivity index (χ0) is 33.8. The molecule has 0 unspecified atom stereocenters. The van der Waals surface area contributed by atoms with E-state index in [1.807, 2.05) is 133 Å². The van der Waals surface area contributed by atoms with Crippen LogP contribution < -0.4 is 0 Å². The zero-order valence-electron chi connectivity index (χ0n) is 27.6. The molecule has 50 heavy (non-hydrogen) atoms. The fourth-order valence-corrected chi connectivity index (χ4v) is 5.95. The van der Waals surface area contributed by atoms with Crippen LogP contribution in [0.4, 0.5) is 0 Å². The molecule has 9 heteroatoms. The van der Waals surface area contributed by atoms with E-state index in [0.29, 0.717) is 43.7 Å². The van der Waals surface area contributed by atoms with Crippen molar-refractivity contribution in [1.29, 1.82) is 0 Å². The molecule has 5 atom stereocenters. The molecule has 0 saturated carbocycles. The van der Waals surface area contributed by atoms with Crippen molar-refractivity contribution in [2.45, 2.75) is 56.9 Å². The number of benzene rings is 4. The second-order valence-electron chi connectivity index (χ2n) is 12.1. The van der Waals surface area contributed by atoms with Gasteiger partial charge in [-0.2, -0.15) is 4.98 Å². The van der Waals surface area contributed by atoms with Gasteiger partial charge < -0.3 is 28.2 Å². The molecule has 6 aromatic rings. The van der Waals surface area contributed by atoms with Crippen molar-refractivity contribution in [2.75, 3.05) is 6.61 Å². The van der Waals surface area contributed by atoms with Gasteiger partial charge in [-0.25, -0.2) is 0 Å². The first-order valence-electron chi connectivity index (χ1n) is 16.8. The van der Waals surface area contributed by atoms with Gasteiger partial charge in [-0.15, -0.1) is 0 Å². The monoisotopic (exact) mass is 669 g/mol. The Balaban J connectivity index is 1.24. The third-order valence-corrected chi connectivity index (χ3v) is 8.49. The lowest BCUT2D eigenvalue weighted by molar-refractivity contribution is -0.276. The van der Waals surface area contributed by atoms with Gasteiger partial charge in [0.1, 0.15) is 30.5 Å². The molecule has 9 nitrogen and oxygen atoms in total. The van der Waals surface area contributed by atoms with E-state index in [9.17, 15) is 0 Å². The molecule has 0 N–H and O–H groups in total. The summed E-state index contributed by atoms with van der Waals surface area (Å²) >= 11 is 0. The number of pyridine rings is 1. The number of nitrogens with zero attached hydrogens (tertiary/aromatic N) is 3. The maximum absolute atomic E-state index is 6.89. The molecule has 0 spiro atoms. The molecule has 1 fully saturated rings. The summed E-state index contributed by atoms with van der Waals surface area (Å²) in [6.07, 6.45) is 0.193. The Hall–Kier alpha value is -5.03. The maximum Gasteiger partial charge on any atom is 0.259 e. The van der Waals surface area contributed by atoms with Crippen LogP contribution in [0, 0.1) is 0 Å². The largest absolute Gasteiger partial charge is 0.374 e. The molecule has 0 aliphatic carbocycles. The second kappa shape index (κ2) is 17.1. The summed E-state index contributed by atoms with van der Waals surface area (Å²) in [5, 5.41) is 4.40. The Morgan fingerprint density at radius 2 is 1.06 bits per heavy atom. The van der Waals surface area contributed by atoms with E-state index >= 15 is 0 Å². The highest BCUT2D eigenvalue weighted by atomic mass is 16.6. The van der Waals surface area contributed by atoms with Crippen LogP contribution in [0.2, 0.25) is 0 Å². The van der Waals surface area contributed by atoms with Crippen molar-refractivity contribution in [3.63, 3.8) is 0 Å². The van der Waals surface area contributed by atoms with Gasteiger partial charge >= 0.3 is 0 Å². The van der Waals surface area contributed by atoms with Gasteiger partial charge in [0.2, 0.25) is 5.82 Å². The average molecular weight is 670 g/mol. The molecule has 0 radical (unpaired) electrons. The van der Waals surface area contributed by atoms with Crippen molar-refractivity contribution in [2.24, 2.45) is 0 Å². The standard InChI is InChI=1S/C41H39N3O6/c1-5-14-30(15-6-1)25-45-29-35-36(46-26-31-16-7-2-8-17-31)37(47-27-32-18-9-3-10-19-32)38(48-28-33-20-11-4-12-21-33)39(49-35)40-43-41(50-44-40)34-22-13-23-42-24-34/h1-24,35-39H,25-29H2/t35-,36-,37+,38-,39-/m1/s1. The molecule has 1 saturated heterocycles. The number of rotatable bonds is 15. The highest BCUT2D eigenvalue weighted by molar-refractivity contribution is 5.50. The van der Waals surface area contributed by atoms with E-state index in [2.05, 4.69) is 10.1 Å². The average Bonchev–Trinajstić information content (AvgIpc) is 3.68. The Morgan fingerprint density at radius 3 is 1.60 bits per heavy atom. The number of hydrogen-bond acceptors (Lipinski definition) is 9. The minimum absolute atomic E-state index is 0.231. The summed E-state index contributed by atoms with van der Waals surface area (Å²) in [6.45, 7) is 1.63. The maximum atomic E-state index is 6.89. The molecule has 254 valence electrons. The predicted octanol–water partition coefficient (Wildman–Crippen LogP) is 7.54. The molecule has 7 rings (SSSR count). The van der Waals surface area contributed by atoms with Crippen molar-refractivity contribution >= 4 is 0 Å². The topological polar surface area (TPSA) is 98.0 Å². The van der Waals surface area contributed by atoms with Gasteiger partial charge in [0, 0.05) is 12.4 Å². The fourth-order valence-electron chi connectivity index (χ4n) is 5.95. The van der Waals surface area contributed by atoms with Gasteiger partial charge in [0.05, 0.1) is 38.6 Å². The second-order valence-corrected chi connectivity index (χ2v) is 12.1. The van der Waals surface area contributed by atoms with Crippen molar-refractivity contribution in [1.82, 2.24) is 15.1 Å². The number of aromatic nitrogens is 3. The predicted molar refractivity (Wildman–Crippen MR) is 186 cm³/mol. The Bertz CT molecular complexity index is 1840. The summed E-state index contributed by atoms with van der Waals surface area (Å²) in [7, 11) is 0. The lowest BCUT2D eigenvalue weighted by Crippen LogP contribution is -2.58. The van der Waals surface area contributed by atoms with Crippen LogP contribution in [0.5, 0.6) is 0 Å². The lowest BCUT2D eigenvalue weighted by Gasteiger charge is -2.45. The fraction of sp³-hybridized carbons (Fsp3) is 0.244. The van der Waals surface area contributed by atoms with Crippen molar-refractivity contribution < 1.29 is 28.2 Å². The minimum Gasteiger partial charge on any atom is -0.374 e. The van der Waals surface area contributed by atoms with E-state index in [1.165, 1.54) is 0 Å². The van der Waals surface area contributed by atoms with Crippen LogP contribution in [-0.4, -0.2) is 46.1 Å². The summed E-state index contributed by atoms with van der Waals surface area (Å²) in [5.41, 5.74) is 4.82. The third-order valence-electron chi connectivity index (χ3n) is 8.49. The number of hydrogen-bond donors (Lipinski definition) is 0. The SMILES string of the molecule is c1ccc(COC[C@H]2O[C@@H](c3noc(-c4cccnc4)n3)[C@H](OCc3ccccc3)[C@@H](OCc3ccccc3)[C@@H]2OCc2ccccc2)cc1. The van der Waals surface area contributed by atoms with Gasteiger partial charge in [-0.05, 0) is 34.4 Å². The first-order valence-corrected chi connectivity index (χ1v) is 16.8. The van der Waals surface area contributed by atoms with E-state index in [4.69, 9.17) is 33.2 Å². The highest BCUT2D eigenvalue weighted by Gasteiger charge is 2.50. The smallest absolute Gasteiger partial charge is 0.259 e. The molecule has 1 aliphatic heterocycles. The Labute approximate surface area is 291 Å². The summed E-state index contributed by atoms with van der Waals surface area (Å²) in [4.78, 5) is 9.00. The first kappa shape index (κ1) is 33.5. The first-order chi connectivity index (χ1) is 24.8. The molecule has 3 heterocycles. The normalized spacial score (nSPS) is 20.4. The van der Waals surface area contributed by atoms with Gasteiger partial charge in [0.15, 0.2) is 0 Å². The van der Waals surface area contributed by atoms with E-state index in [0.717, 1.165) is 22.3 Å². The van der Waals surface area contributed by atoms with Crippen LogP contribution >= 0.6 is 0 Å². The zero-order valence-corrected chi connectivity index (χ0v) is 27.6. The molecule has 4 aromatic carbocycles. The van der Waals surface area contributed by atoms with Gasteiger partial charge in [-0.1, -0.05) is 126 Å². The lowest BCUT2D eigenvalue weighted by atomic mass is 9.93. The van der Waals surface area contributed by atoms with Crippen LogP contribution in [0.1, 0.15) is 34.2 Å². The minimum atomic E-state index is -0.768. The summed E-state index contributed by atoms with van der Waals surface area (Å²) in [5.74, 6) is 0.671. The molecule has 0 amide bonds. The third kappa shape index (κ3) is 8.76. The molecular formula is C41H39N3O6. The molecular weight excluding hydrogens is 630 g/mol. The molecule has 0 bridgehead atoms. The van der Waals surface area contributed by atoms with Crippen molar-refractivity contribution in [3.8, 4) is 11.5 Å². The van der Waals surface area contributed by atoms with E-state index in [-0.39, 0.29) is 6.61 Å². The van der Waals surface area contributed by atoms with E-state index in [1.54, 1.807) is 12.4 Å². The molecule has 2 aromatic heterocycles. The Morgan fingerprint density at radius 1 is 0.540 bits per heavy atom. The van der Waals surface area contributed by atoms with Crippen LogP contribution in [-0.2, 0) is 50.1 Å². The number of ether oxygens (including phenoxy) is 5. The molecule has 1 aliphatic rings. The van der Waals surface area contributed by atoms with Crippen molar-refractivity contribution in [3.05, 3.63) is 174 Å².